The van der Waals surface area contributed by atoms with E-state index in [0.717, 1.165) is 13.1 Å². The number of rotatable bonds is 4. The molecule has 2 heterocycles. The molecule has 1 atom stereocenters. The van der Waals surface area contributed by atoms with E-state index in [4.69, 9.17) is 0 Å². The van der Waals surface area contributed by atoms with Crippen LogP contribution in [0.5, 0.6) is 0 Å². The van der Waals surface area contributed by atoms with Crippen molar-refractivity contribution in [3.63, 3.8) is 0 Å². The number of amides is 2. The SMILES string of the molecule is CN1C(=O)CC(NCCN2CCCC2)C1=O. The van der Waals surface area contributed by atoms with Crippen LogP contribution < -0.4 is 5.32 Å². The van der Waals surface area contributed by atoms with Gasteiger partial charge in [-0.3, -0.25) is 14.5 Å². The van der Waals surface area contributed by atoms with Gasteiger partial charge in [-0.1, -0.05) is 0 Å². The zero-order valence-electron chi connectivity index (χ0n) is 9.74. The Kier molecular flexibility index (Phi) is 3.56. The number of carbonyl (C=O) groups excluding carboxylic acids is 2. The zero-order valence-corrected chi connectivity index (χ0v) is 9.74. The summed E-state index contributed by atoms with van der Waals surface area (Å²) >= 11 is 0. The predicted molar refractivity (Wildman–Crippen MR) is 59.9 cm³/mol. The van der Waals surface area contributed by atoms with Gasteiger partial charge in [0.25, 0.3) is 0 Å². The van der Waals surface area contributed by atoms with E-state index in [0.29, 0.717) is 6.42 Å². The molecule has 2 rings (SSSR count). The first kappa shape index (κ1) is 11.5. The highest BCUT2D eigenvalue weighted by Crippen LogP contribution is 2.10. The zero-order chi connectivity index (χ0) is 11.5. The minimum atomic E-state index is -0.292. The van der Waals surface area contributed by atoms with Crippen LogP contribution >= 0.6 is 0 Å². The van der Waals surface area contributed by atoms with E-state index in [2.05, 4.69) is 10.2 Å². The van der Waals surface area contributed by atoms with Crippen molar-refractivity contribution in [3.05, 3.63) is 0 Å². The summed E-state index contributed by atoms with van der Waals surface area (Å²) in [6.07, 6.45) is 2.88. The lowest BCUT2D eigenvalue weighted by atomic mass is 10.2. The summed E-state index contributed by atoms with van der Waals surface area (Å²) in [6, 6.07) is -0.292. The Hall–Kier alpha value is -0.940. The van der Waals surface area contributed by atoms with Gasteiger partial charge < -0.3 is 10.2 Å². The van der Waals surface area contributed by atoms with Gasteiger partial charge in [-0.2, -0.15) is 0 Å². The number of nitrogens with zero attached hydrogens (tertiary/aromatic N) is 2. The smallest absolute Gasteiger partial charge is 0.246 e. The molecule has 2 aliphatic heterocycles. The molecule has 90 valence electrons. The molecule has 5 heteroatoms. The van der Waals surface area contributed by atoms with E-state index >= 15 is 0 Å². The first-order valence-electron chi connectivity index (χ1n) is 5.94. The fraction of sp³-hybridized carbons (Fsp3) is 0.818. The predicted octanol–water partition coefficient (Wildman–Crippen LogP) is -0.571. The van der Waals surface area contributed by atoms with Crippen LogP contribution in [0, 0.1) is 0 Å². The van der Waals surface area contributed by atoms with Crippen LogP contribution in [0.25, 0.3) is 0 Å². The second-order valence-corrected chi connectivity index (χ2v) is 4.55. The van der Waals surface area contributed by atoms with Crippen LogP contribution in [0.15, 0.2) is 0 Å². The Morgan fingerprint density at radius 3 is 2.56 bits per heavy atom. The third kappa shape index (κ3) is 2.41. The molecule has 0 aromatic heterocycles. The molecule has 0 aromatic carbocycles. The summed E-state index contributed by atoms with van der Waals surface area (Å²) < 4.78 is 0. The van der Waals surface area contributed by atoms with E-state index < -0.39 is 0 Å². The summed E-state index contributed by atoms with van der Waals surface area (Å²) in [5.41, 5.74) is 0. The average molecular weight is 225 g/mol. The van der Waals surface area contributed by atoms with Crippen LogP contribution in [-0.2, 0) is 9.59 Å². The molecule has 2 amide bonds. The van der Waals surface area contributed by atoms with Gasteiger partial charge in [0.2, 0.25) is 11.8 Å². The standard InChI is InChI=1S/C11H19N3O2/c1-13-10(15)8-9(11(13)16)12-4-7-14-5-2-3-6-14/h9,12H,2-8H2,1H3. The number of likely N-dealkylation sites (N-methyl/N-ethyl adjacent to an activating group) is 1. The lowest BCUT2D eigenvalue weighted by Gasteiger charge is -2.16. The number of nitrogens with one attached hydrogen (secondary N) is 1. The van der Waals surface area contributed by atoms with Crippen molar-refractivity contribution in [3.8, 4) is 0 Å². The quantitative estimate of drug-likeness (QED) is 0.651. The lowest BCUT2D eigenvalue weighted by molar-refractivity contribution is -0.137. The van der Waals surface area contributed by atoms with Crippen molar-refractivity contribution in [2.24, 2.45) is 0 Å². The van der Waals surface area contributed by atoms with Crippen LogP contribution in [0.4, 0.5) is 0 Å². The highest BCUT2D eigenvalue weighted by atomic mass is 16.2. The molecular weight excluding hydrogens is 206 g/mol. The van der Waals surface area contributed by atoms with Gasteiger partial charge in [0, 0.05) is 20.1 Å². The number of carbonyl (C=O) groups is 2. The van der Waals surface area contributed by atoms with Crippen molar-refractivity contribution in [2.75, 3.05) is 33.2 Å². The van der Waals surface area contributed by atoms with Gasteiger partial charge in [-0.05, 0) is 25.9 Å². The summed E-state index contributed by atoms with van der Waals surface area (Å²) in [7, 11) is 1.55. The van der Waals surface area contributed by atoms with Crippen LogP contribution in [0.3, 0.4) is 0 Å². The normalized spacial score (nSPS) is 27.1. The summed E-state index contributed by atoms with van der Waals surface area (Å²) in [6.45, 7) is 4.09. The van der Waals surface area contributed by atoms with Gasteiger partial charge in [-0.15, -0.1) is 0 Å². The van der Waals surface area contributed by atoms with Crippen LogP contribution in [0.1, 0.15) is 19.3 Å². The average Bonchev–Trinajstić information content (AvgIpc) is 2.85. The van der Waals surface area contributed by atoms with E-state index in [1.54, 1.807) is 7.05 Å². The third-order valence-corrected chi connectivity index (χ3v) is 3.40. The van der Waals surface area contributed by atoms with Gasteiger partial charge in [0.15, 0.2) is 0 Å². The second-order valence-electron chi connectivity index (χ2n) is 4.55. The van der Waals surface area contributed by atoms with E-state index in [-0.39, 0.29) is 17.9 Å². The molecule has 0 aliphatic carbocycles. The van der Waals surface area contributed by atoms with Crippen molar-refractivity contribution < 1.29 is 9.59 Å². The number of likely N-dealkylation sites (tertiary alicyclic amines) is 2. The molecule has 0 spiro atoms. The Bertz CT molecular complexity index is 287. The molecule has 2 saturated heterocycles. The van der Waals surface area contributed by atoms with Crippen LogP contribution in [0.2, 0.25) is 0 Å². The molecular formula is C11H19N3O2. The summed E-state index contributed by atoms with van der Waals surface area (Å²) in [4.78, 5) is 26.4. The Morgan fingerprint density at radius 2 is 2.00 bits per heavy atom. The van der Waals surface area contributed by atoms with Crippen molar-refractivity contribution in [1.29, 1.82) is 0 Å². The van der Waals surface area contributed by atoms with E-state index in [1.807, 2.05) is 0 Å². The molecule has 0 aromatic rings. The maximum absolute atomic E-state index is 11.6. The fourth-order valence-electron chi connectivity index (χ4n) is 2.32. The molecule has 16 heavy (non-hydrogen) atoms. The largest absolute Gasteiger partial charge is 0.304 e. The van der Waals surface area contributed by atoms with Gasteiger partial charge in [0.05, 0.1) is 12.5 Å². The first-order valence-corrected chi connectivity index (χ1v) is 5.94. The Morgan fingerprint density at radius 1 is 1.31 bits per heavy atom. The molecule has 2 aliphatic rings. The first-order chi connectivity index (χ1) is 7.68. The molecule has 1 N–H and O–H groups in total. The third-order valence-electron chi connectivity index (χ3n) is 3.40. The minimum absolute atomic E-state index is 0.0799. The summed E-state index contributed by atoms with van der Waals surface area (Å²) in [5.74, 6) is -0.171. The number of imide groups is 1. The molecule has 0 saturated carbocycles. The van der Waals surface area contributed by atoms with Crippen LogP contribution in [-0.4, -0.2) is 60.9 Å². The molecule has 0 radical (unpaired) electrons. The Balaban J connectivity index is 1.70. The topological polar surface area (TPSA) is 52.7 Å². The summed E-state index contributed by atoms with van der Waals surface area (Å²) in [5, 5.41) is 3.17. The van der Waals surface area contributed by atoms with Crippen molar-refractivity contribution >= 4 is 11.8 Å². The van der Waals surface area contributed by atoms with Gasteiger partial charge in [0.1, 0.15) is 0 Å². The molecule has 2 fully saturated rings. The fourth-order valence-corrected chi connectivity index (χ4v) is 2.32. The second kappa shape index (κ2) is 4.93. The maximum Gasteiger partial charge on any atom is 0.246 e. The monoisotopic (exact) mass is 225 g/mol. The minimum Gasteiger partial charge on any atom is -0.304 e. The highest BCUT2D eigenvalue weighted by molar-refractivity contribution is 6.05. The van der Waals surface area contributed by atoms with Crippen molar-refractivity contribution in [2.45, 2.75) is 25.3 Å². The van der Waals surface area contributed by atoms with E-state index in [1.165, 1.54) is 30.8 Å². The maximum atomic E-state index is 11.6. The lowest BCUT2D eigenvalue weighted by Crippen LogP contribution is -2.40. The molecule has 5 nitrogen and oxygen atoms in total. The molecule has 1 unspecified atom stereocenters. The highest BCUT2D eigenvalue weighted by Gasteiger charge is 2.35. The van der Waals surface area contributed by atoms with E-state index in [9.17, 15) is 9.59 Å². The van der Waals surface area contributed by atoms with Crippen molar-refractivity contribution in [1.82, 2.24) is 15.1 Å². The number of hydrogen-bond donors (Lipinski definition) is 1. The Labute approximate surface area is 95.8 Å². The molecule has 0 bridgehead atoms. The van der Waals surface area contributed by atoms with Gasteiger partial charge >= 0.3 is 0 Å². The number of hydrogen-bond acceptors (Lipinski definition) is 4. The van der Waals surface area contributed by atoms with Gasteiger partial charge in [-0.25, -0.2) is 0 Å².